The Balaban J connectivity index is 1.19. The van der Waals surface area contributed by atoms with Crippen LogP contribution in [-0.4, -0.2) is 64.1 Å². The Morgan fingerprint density at radius 1 is 0.963 bits per heavy atom. The van der Waals surface area contributed by atoms with E-state index in [1.807, 2.05) is 0 Å². The summed E-state index contributed by atoms with van der Waals surface area (Å²) in [5, 5.41) is 4.20. The van der Waals surface area contributed by atoms with Crippen molar-refractivity contribution in [1.82, 2.24) is 19.7 Å². The highest BCUT2D eigenvalue weighted by Gasteiger charge is 2.41. The second kappa shape index (κ2) is 7.24. The molecule has 144 valence electrons. The van der Waals surface area contributed by atoms with Gasteiger partial charge in [0.15, 0.2) is 0 Å². The third-order valence-corrected chi connectivity index (χ3v) is 6.67. The summed E-state index contributed by atoms with van der Waals surface area (Å²) in [5.41, 5.74) is 2.56. The predicted octanol–water partition coefficient (Wildman–Crippen LogP) is 2.88. The number of benzene rings is 1. The fraction of sp³-hybridized carbons (Fsp3) is 0.619. The Morgan fingerprint density at radius 3 is 2.41 bits per heavy atom. The van der Waals surface area contributed by atoms with Gasteiger partial charge in [0.1, 0.15) is 12.7 Å². The SMILES string of the molecule is c1ncn(-c2ccc(N3CCC(N4CCOC5(CCCC5)C4)CC3)cc2)n1. The molecule has 5 rings (SSSR count). The van der Waals surface area contributed by atoms with E-state index in [9.17, 15) is 0 Å². The molecule has 1 aromatic carbocycles. The van der Waals surface area contributed by atoms with Crippen LogP contribution in [0.4, 0.5) is 5.69 Å². The largest absolute Gasteiger partial charge is 0.372 e. The smallest absolute Gasteiger partial charge is 0.138 e. The molecule has 0 bridgehead atoms. The maximum Gasteiger partial charge on any atom is 0.138 e. The average Bonchev–Trinajstić information content (AvgIpc) is 3.41. The highest BCUT2D eigenvalue weighted by atomic mass is 16.5. The van der Waals surface area contributed by atoms with Crippen molar-refractivity contribution in [2.45, 2.75) is 50.2 Å². The summed E-state index contributed by atoms with van der Waals surface area (Å²) in [6.45, 7) is 5.46. The van der Waals surface area contributed by atoms with Gasteiger partial charge in [-0.2, -0.15) is 5.10 Å². The summed E-state index contributed by atoms with van der Waals surface area (Å²) in [5.74, 6) is 0. The minimum absolute atomic E-state index is 0.187. The molecule has 2 aliphatic heterocycles. The Hall–Kier alpha value is -1.92. The van der Waals surface area contributed by atoms with Crippen molar-refractivity contribution in [3.8, 4) is 5.69 Å². The Bertz CT molecular complexity index is 730. The van der Waals surface area contributed by atoms with Gasteiger partial charge >= 0.3 is 0 Å². The van der Waals surface area contributed by atoms with E-state index < -0.39 is 0 Å². The third kappa shape index (κ3) is 3.48. The number of aromatic nitrogens is 3. The molecule has 3 aliphatic rings. The topological polar surface area (TPSA) is 46.4 Å². The summed E-state index contributed by atoms with van der Waals surface area (Å²) in [7, 11) is 0. The van der Waals surface area contributed by atoms with Crippen molar-refractivity contribution in [1.29, 1.82) is 0 Å². The third-order valence-electron chi connectivity index (χ3n) is 6.67. The van der Waals surface area contributed by atoms with Crippen molar-refractivity contribution < 1.29 is 4.74 Å². The molecule has 1 aromatic heterocycles. The first kappa shape index (κ1) is 17.2. The lowest BCUT2D eigenvalue weighted by atomic mass is 9.95. The number of ether oxygens (including phenoxy) is 1. The first-order valence-corrected chi connectivity index (χ1v) is 10.4. The monoisotopic (exact) mass is 367 g/mol. The zero-order valence-electron chi connectivity index (χ0n) is 16.0. The van der Waals surface area contributed by atoms with Gasteiger partial charge in [-0.1, -0.05) is 12.8 Å². The van der Waals surface area contributed by atoms with Gasteiger partial charge < -0.3 is 9.64 Å². The molecule has 0 radical (unpaired) electrons. The highest BCUT2D eigenvalue weighted by Crippen LogP contribution is 2.37. The zero-order valence-corrected chi connectivity index (χ0v) is 16.0. The van der Waals surface area contributed by atoms with Crippen LogP contribution in [0.1, 0.15) is 38.5 Å². The van der Waals surface area contributed by atoms with E-state index in [2.05, 4.69) is 44.1 Å². The minimum atomic E-state index is 0.187. The van der Waals surface area contributed by atoms with E-state index in [0.29, 0.717) is 0 Å². The summed E-state index contributed by atoms with van der Waals surface area (Å²) in [4.78, 5) is 9.28. The van der Waals surface area contributed by atoms with E-state index in [4.69, 9.17) is 4.74 Å². The average molecular weight is 367 g/mol. The quantitative estimate of drug-likeness (QED) is 0.835. The lowest BCUT2D eigenvalue weighted by Crippen LogP contribution is -2.56. The van der Waals surface area contributed by atoms with Gasteiger partial charge in [-0.25, -0.2) is 9.67 Å². The molecule has 0 N–H and O–H groups in total. The number of hydrogen-bond acceptors (Lipinski definition) is 5. The molecule has 27 heavy (non-hydrogen) atoms. The zero-order chi connectivity index (χ0) is 18.1. The van der Waals surface area contributed by atoms with Crippen LogP contribution in [-0.2, 0) is 4.74 Å². The van der Waals surface area contributed by atoms with Gasteiger partial charge in [-0.15, -0.1) is 0 Å². The van der Waals surface area contributed by atoms with Crippen LogP contribution in [0, 0.1) is 0 Å². The normalized spacial score (nSPS) is 23.9. The second-order valence-electron chi connectivity index (χ2n) is 8.28. The van der Waals surface area contributed by atoms with E-state index in [0.717, 1.165) is 44.5 Å². The van der Waals surface area contributed by atoms with E-state index in [1.54, 1.807) is 17.3 Å². The number of anilines is 1. The molecule has 6 heteroatoms. The molecule has 2 aromatic rings. The van der Waals surface area contributed by atoms with E-state index >= 15 is 0 Å². The fourth-order valence-corrected chi connectivity index (χ4v) is 5.15. The van der Waals surface area contributed by atoms with Gasteiger partial charge in [0, 0.05) is 37.9 Å². The van der Waals surface area contributed by atoms with Crippen LogP contribution in [0.5, 0.6) is 0 Å². The maximum absolute atomic E-state index is 6.22. The fourth-order valence-electron chi connectivity index (χ4n) is 5.15. The van der Waals surface area contributed by atoms with Crippen LogP contribution < -0.4 is 4.90 Å². The van der Waals surface area contributed by atoms with Gasteiger partial charge in [0.2, 0.25) is 0 Å². The highest BCUT2D eigenvalue weighted by molar-refractivity contribution is 5.51. The Labute approximate surface area is 161 Å². The van der Waals surface area contributed by atoms with Crippen LogP contribution in [0.15, 0.2) is 36.9 Å². The molecule has 1 spiro atoms. The molecule has 6 nitrogen and oxygen atoms in total. The number of nitrogens with zero attached hydrogens (tertiary/aromatic N) is 5. The molecule has 2 saturated heterocycles. The standard InChI is InChI=1S/C21H29N5O/c1-2-10-21(9-1)15-25(13-14-27-21)19-7-11-24(12-8-19)18-3-5-20(6-4-18)26-17-22-16-23-26/h3-6,16-17,19H,1-2,7-15H2. The molecule has 0 amide bonds. The predicted molar refractivity (Wildman–Crippen MR) is 105 cm³/mol. The van der Waals surface area contributed by atoms with E-state index in [1.165, 1.54) is 44.2 Å². The van der Waals surface area contributed by atoms with Gasteiger partial charge in [-0.05, 0) is 49.9 Å². The summed E-state index contributed by atoms with van der Waals surface area (Å²) in [6, 6.07) is 9.39. The van der Waals surface area contributed by atoms with Gasteiger partial charge in [0.25, 0.3) is 0 Å². The molecule has 0 unspecified atom stereocenters. The molecular weight excluding hydrogens is 338 g/mol. The molecule has 3 heterocycles. The molecular formula is C21H29N5O. The Kier molecular flexibility index (Phi) is 4.61. The first-order valence-electron chi connectivity index (χ1n) is 10.4. The second-order valence-corrected chi connectivity index (χ2v) is 8.28. The van der Waals surface area contributed by atoms with E-state index in [-0.39, 0.29) is 5.60 Å². The maximum atomic E-state index is 6.22. The Morgan fingerprint density at radius 2 is 1.70 bits per heavy atom. The molecule has 1 saturated carbocycles. The van der Waals surface area contributed by atoms with Crippen molar-refractivity contribution in [2.24, 2.45) is 0 Å². The van der Waals surface area contributed by atoms with Crippen molar-refractivity contribution in [3.05, 3.63) is 36.9 Å². The molecule has 3 fully saturated rings. The molecule has 1 aliphatic carbocycles. The van der Waals surface area contributed by atoms with Crippen LogP contribution in [0.25, 0.3) is 5.69 Å². The van der Waals surface area contributed by atoms with Crippen molar-refractivity contribution in [3.63, 3.8) is 0 Å². The van der Waals surface area contributed by atoms with Gasteiger partial charge in [0.05, 0.1) is 17.9 Å². The van der Waals surface area contributed by atoms with Crippen molar-refractivity contribution >= 4 is 5.69 Å². The first-order chi connectivity index (χ1) is 13.3. The number of hydrogen-bond donors (Lipinski definition) is 0. The summed E-state index contributed by atoms with van der Waals surface area (Å²) >= 11 is 0. The molecule has 0 atom stereocenters. The van der Waals surface area contributed by atoms with Crippen LogP contribution in [0.2, 0.25) is 0 Å². The summed E-state index contributed by atoms with van der Waals surface area (Å²) < 4.78 is 8.02. The minimum Gasteiger partial charge on any atom is -0.372 e. The number of morpholine rings is 1. The lowest BCUT2D eigenvalue weighted by Gasteiger charge is -2.46. The number of rotatable bonds is 3. The van der Waals surface area contributed by atoms with Crippen molar-refractivity contribution in [2.75, 3.05) is 37.7 Å². The number of piperidine rings is 1. The van der Waals surface area contributed by atoms with Crippen LogP contribution >= 0.6 is 0 Å². The van der Waals surface area contributed by atoms with Crippen LogP contribution in [0.3, 0.4) is 0 Å². The van der Waals surface area contributed by atoms with Gasteiger partial charge in [-0.3, -0.25) is 4.90 Å². The lowest BCUT2D eigenvalue weighted by molar-refractivity contribution is -0.116. The summed E-state index contributed by atoms with van der Waals surface area (Å²) in [6.07, 6.45) is 11.0.